The molecule has 0 saturated heterocycles. The molecule has 0 radical (unpaired) electrons. The van der Waals surface area contributed by atoms with Crippen LogP contribution in [0.3, 0.4) is 0 Å². The first-order chi connectivity index (χ1) is 15.5. The number of nitrogens with one attached hydrogen (secondary N) is 3. The molecule has 2 aliphatic rings. The van der Waals surface area contributed by atoms with Crippen molar-refractivity contribution in [3.05, 3.63) is 17.8 Å². The van der Waals surface area contributed by atoms with Crippen LogP contribution in [-0.2, 0) is 16.0 Å². The molecule has 0 aromatic carbocycles. The summed E-state index contributed by atoms with van der Waals surface area (Å²) in [5.41, 5.74) is 1.20. The lowest BCUT2D eigenvalue weighted by Gasteiger charge is -2.18. The Morgan fingerprint density at radius 2 is 2.09 bits per heavy atom. The Bertz CT molecular complexity index is 714. The molecule has 1 aromatic rings. The van der Waals surface area contributed by atoms with Crippen molar-refractivity contribution in [1.29, 1.82) is 0 Å². The number of ether oxygens (including phenoxy) is 2. The maximum atomic E-state index is 12.3. The third-order valence-corrected chi connectivity index (χ3v) is 6.83. The number of methoxy groups -OCH3 is 1. The molecule has 1 unspecified atom stereocenters. The fraction of sp³-hybridized carbons (Fsp3) is 0.760. The van der Waals surface area contributed by atoms with E-state index in [1.165, 1.54) is 5.56 Å². The summed E-state index contributed by atoms with van der Waals surface area (Å²) < 4.78 is 11.0. The number of anilines is 1. The molecule has 180 valence electrons. The summed E-state index contributed by atoms with van der Waals surface area (Å²) >= 11 is 0. The van der Waals surface area contributed by atoms with Crippen molar-refractivity contribution in [3.8, 4) is 5.75 Å². The highest BCUT2D eigenvalue weighted by atomic mass is 16.5. The lowest BCUT2D eigenvalue weighted by atomic mass is 9.98. The van der Waals surface area contributed by atoms with Gasteiger partial charge in [0.25, 0.3) is 0 Å². The molecule has 1 aromatic heterocycles. The third-order valence-electron chi connectivity index (χ3n) is 6.83. The maximum Gasteiger partial charge on any atom is 0.220 e. The van der Waals surface area contributed by atoms with Crippen molar-refractivity contribution in [2.24, 2.45) is 11.8 Å². The van der Waals surface area contributed by atoms with Gasteiger partial charge in [0.2, 0.25) is 5.91 Å². The second kappa shape index (κ2) is 13.0. The summed E-state index contributed by atoms with van der Waals surface area (Å²) in [6.07, 6.45) is 10.3. The Balaban J connectivity index is 1.19. The molecule has 3 rings (SSSR count). The number of carbonyl (C=O) groups excluding carboxylic acids is 1. The molecule has 3 N–H and O–H groups in total. The molecular weight excluding hydrogens is 404 g/mol. The number of nitrogens with zero attached hydrogens (tertiary/aromatic N) is 1. The highest BCUT2D eigenvalue weighted by Crippen LogP contribution is 2.30. The van der Waals surface area contributed by atoms with Crippen LogP contribution in [0.1, 0.15) is 64.4 Å². The molecule has 7 nitrogen and oxygen atoms in total. The first kappa shape index (κ1) is 24.8. The number of carbonyl (C=O) groups is 1. The summed E-state index contributed by atoms with van der Waals surface area (Å²) in [5.74, 6) is 3.25. The number of aromatic nitrogens is 1. The fourth-order valence-corrected chi connectivity index (χ4v) is 4.79. The van der Waals surface area contributed by atoms with Gasteiger partial charge in [0, 0.05) is 50.8 Å². The highest BCUT2D eigenvalue weighted by molar-refractivity contribution is 5.76. The summed E-state index contributed by atoms with van der Waals surface area (Å²) in [6, 6.07) is 2.18. The first-order valence-electron chi connectivity index (χ1n) is 12.4. The number of pyridine rings is 1. The van der Waals surface area contributed by atoms with Crippen LogP contribution in [0.2, 0.25) is 0 Å². The van der Waals surface area contributed by atoms with Crippen molar-refractivity contribution < 1.29 is 14.3 Å². The van der Waals surface area contributed by atoms with E-state index in [9.17, 15) is 4.79 Å². The van der Waals surface area contributed by atoms with Crippen LogP contribution >= 0.6 is 0 Å². The Kier molecular flexibility index (Phi) is 10.1. The summed E-state index contributed by atoms with van der Waals surface area (Å²) in [4.78, 5) is 16.7. The number of fused-ring (bicyclic) bond motifs is 1. The van der Waals surface area contributed by atoms with E-state index in [4.69, 9.17) is 9.47 Å². The number of rotatable bonds is 14. The quantitative estimate of drug-likeness (QED) is 0.379. The van der Waals surface area contributed by atoms with Gasteiger partial charge in [0.05, 0.1) is 12.7 Å². The predicted octanol–water partition coefficient (Wildman–Crippen LogP) is 3.53. The SMILES string of the molecule is CO[C@H]1CC[C@H](CC(=O)NC(C)CC[C@@H](C)CCNCCNc2nccc3c2CCO3)C1. The van der Waals surface area contributed by atoms with Gasteiger partial charge in [0.1, 0.15) is 11.6 Å². The zero-order valence-electron chi connectivity index (χ0n) is 20.1. The Morgan fingerprint density at radius 3 is 2.91 bits per heavy atom. The molecule has 1 aliphatic heterocycles. The van der Waals surface area contributed by atoms with Crippen molar-refractivity contribution in [1.82, 2.24) is 15.6 Å². The van der Waals surface area contributed by atoms with Crippen LogP contribution in [0.15, 0.2) is 12.3 Å². The van der Waals surface area contributed by atoms with E-state index >= 15 is 0 Å². The number of amides is 1. The van der Waals surface area contributed by atoms with E-state index in [2.05, 4.69) is 34.8 Å². The van der Waals surface area contributed by atoms with Gasteiger partial charge in [0.15, 0.2) is 0 Å². The summed E-state index contributed by atoms with van der Waals surface area (Å²) in [5, 5.41) is 10.1. The van der Waals surface area contributed by atoms with Crippen LogP contribution in [0.25, 0.3) is 0 Å². The minimum atomic E-state index is 0.200. The second-order valence-corrected chi connectivity index (χ2v) is 9.59. The van der Waals surface area contributed by atoms with Gasteiger partial charge in [-0.05, 0) is 69.9 Å². The lowest BCUT2D eigenvalue weighted by Crippen LogP contribution is -2.34. The van der Waals surface area contributed by atoms with Crippen molar-refractivity contribution in [3.63, 3.8) is 0 Å². The fourth-order valence-electron chi connectivity index (χ4n) is 4.79. The summed E-state index contributed by atoms with van der Waals surface area (Å²) in [7, 11) is 1.77. The molecule has 1 amide bonds. The van der Waals surface area contributed by atoms with Gasteiger partial charge in [-0.2, -0.15) is 0 Å². The zero-order valence-corrected chi connectivity index (χ0v) is 20.1. The molecule has 1 fully saturated rings. The van der Waals surface area contributed by atoms with E-state index in [0.29, 0.717) is 24.4 Å². The van der Waals surface area contributed by atoms with Gasteiger partial charge in [-0.3, -0.25) is 4.79 Å². The molecule has 7 heteroatoms. The minimum Gasteiger partial charge on any atom is -0.493 e. The van der Waals surface area contributed by atoms with E-state index in [1.807, 2.05) is 6.07 Å². The van der Waals surface area contributed by atoms with Crippen molar-refractivity contribution in [2.45, 2.75) is 77.4 Å². The Hall–Kier alpha value is -1.86. The number of hydrogen-bond donors (Lipinski definition) is 3. The average molecular weight is 447 g/mol. The lowest BCUT2D eigenvalue weighted by molar-refractivity contribution is -0.122. The van der Waals surface area contributed by atoms with E-state index in [0.717, 1.165) is 82.8 Å². The van der Waals surface area contributed by atoms with Gasteiger partial charge in [-0.1, -0.05) is 6.92 Å². The van der Waals surface area contributed by atoms with Crippen LogP contribution < -0.4 is 20.7 Å². The summed E-state index contributed by atoms with van der Waals surface area (Å²) in [6.45, 7) is 7.96. The molecule has 32 heavy (non-hydrogen) atoms. The molecule has 1 aliphatic carbocycles. The van der Waals surface area contributed by atoms with Crippen molar-refractivity contribution >= 4 is 11.7 Å². The molecule has 0 bridgehead atoms. The van der Waals surface area contributed by atoms with Crippen LogP contribution in [0, 0.1) is 11.8 Å². The second-order valence-electron chi connectivity index (χ2n) is 9.59. The van der Waals surface area contributed by atoms with Gasteiger partial charge < -0.3 is 25.4 Å². The maximum absolute atomic E-state index is 12.3. The molecule has 2 heterocycles. The monoisotopic (exact) mass is 446 g/mol. The number of hydrogen-bond acceptors (Lipinski definition) is 6. The standard InChI is InChI=1S/C25H42N4O3/c1-18(4-5-19(2)29-24(30)17-20-6-7-21(16-20)31-3)8-11-26-13-14-28-25-22-10-15-32-23(22)9-12-27-25/h9,12,18-21,26H,4-8,10-11,13-17H2,1-3H3,(H,27,28)(H,29,30)/t18-,19?,20+,21+/m1/s1. The predicted molar refractivity (Wildman–Crippen MR) is 128 cm³/mol. The molecule has 4 atom stereocenters. The normalized spacial score (nSPS) is 21.6. The van der Waals surface area contributed by atoms with Crippen LogP contribution in [0.5, 0.6) is 5.75 Å². The van der Waals surface area contributed by atoms with Crippen LogP contribution in [-0.4, -0.2) is 56.4 Å². The zero-order chi connectivity index (χ0) is 22.8. The van der Waals surface area contributed by atoms with E-state index in [1.54, 1.807) is 13.3 Å². The van der Waals surface area contributed by atoms with Crippen LogP contribution in [0.4, 0.5) is 5.82 Å². The highest BCUT2D eigenvalue weighted by Gasteiger charge is 2.26. The molecular formula is C25H42N4O3. The Morgan fingerprint density at radius 1 is 1.22 bits per heavy atom. The third kappa shape index (κ3) is 7.93. The average Bonchev–Trinajstić information content (AvgIpc) is 3.44. The van der Waals surface area contributed by atoms with E-state index in [-0.39, 0.29) is 11.9 Å². The van der Waals surface area contributed by atoms with Crippen molar-refractivity contribution in [2.75, 3.05) is 38.7 Å². The largest absolute Gasteiger partial charge is 0.493 e. The smallest absolute Gasteiger partial charge is 0.220 e. The van der Waals surface area contributed by atoms with Gasteiger partial charge >= 0.3 is 0 Å². The Labute approximate surface area is 193 Å². The molecule has 1 saturated carbocycles. The molecule has 0 spiro atoms. The first-order valence-corrected chi connectivity index (χ1v) is 12.4. The van der Waals surface area contributed by atoms with Gasteiger partial charge in [-0.25, -0.2) is 4.98 Å². The minimum absolute atomic E-state index is 0.200. The van der Waals surface area contributed by atoms with Gasteiger partial charge in [-0.15, -0.1) is 0 Å². The van der Waals surface area contributed by atoms with E-state index < -0.39 is 0 Å². The topological polar surface area (TPSA) is 84.5 Å².